The van der Waals surface area contributed by atoms with E-state index in [1.165, 1.54) is 20.3 Å². The lowest BCUT2D eigenvalue weighted by Crippen LogP contribution is -2.62. The fraction of sp³-hybridized carbons (Fsp3) is 0.811. The van der Waals surface area contributed by atoms with E-state index in [1.807, 2.05) is 32.9 Å². The molecule has 0 aliphatic carbocycles. The quantitative estimate of drug-likeness (QED) is 0.287. The van der Waals surface area contributed by atoms with Gasteiger partial charge < -0.3 is 52.8 Å². The standard InChI is InChI=1S/C37H58O14/c1-19-14-15-28(39)47-23(5)26(18-45-34-32(44-9)31(43-8)29(40)24(6)48-34)12-10-11-13-27(38)20(2)16-21(3)30(19)50-35-33(41)37(17-22(4)46-35)25(7)49-36(42)51-37/h10,12,14-15,19-26,29-35,40-41H,11,13,16-18H2,1-9H3/b12-10-,15-14-/t19-,20+,21-,22+,23+,24+,25-,26+,29+,30+,31+,32+,33-,34+,35-,37-/m0/s1. The predicted molar refractivity (Wildman–Crippen MR) is 181 cm³/mol. The van der Waals surface area contributed by atoms with Crippen LogP contribution in [0.2, 0.25) is 0 Å². The van der Waals surface area contributed by atoms with Gasteiger partial charge in [-0.1, -0.05) is 39.0 Å². The highest BCUT2D eigenvalue weighted by atomic mass is 16.8. The first-order valence-electron chi connectivity index (χ1n) is 18.1. The van der Waals surface area contributed by atoms with Crippen LogP contribution in [0.1, 0.15) is 74.1 Å². The summed E-state index contributed by atoms with van der Waals surface area (Å²) in [5.41, 5.74) is -1.34. The SMILES string of the molecule is CO[C@@H]1[C@H](O)[C@@H](C)O[C@@H](OC[C@H]2/C=C\CCC(=O)[C@H](C)C[C@H](C)[C@H](O[C@@H]3O[C@H](C)C[C@@]4(OC(=O)O[C@H]4C)[C@H]3O)[C@@H](C)/C=C\C(=O)O[C@@H]2C)[C@@H]1OC. The summed E-state index contributed by atoms with van der Waals surface area (Å²) >= 11 is 0. The molecule has 14 nitrogen and oxygen atoms in total. The van der Waals surface area contributed by atoms with Gasteiger partial charge in [-0.25, -0.2) is 9.59 Å². The number of esters is 1. The van der Waals surface area contributed by atoms with Gasteiger partial charge in [-0.2, -0.15) is 0 Å². The maximum atomic E-state index is 13.3. The summed E-state index contributed by atoms with van der Waals surface area (Å²) in [7, 11) is 2.97. The molecule has 4 heterocycles. The van der Waals surface area contributed by atoms with Crippen molar-refractivity contribution >= 4 is 17.9 Å². The smallest absolute Gasteiger partial charge is 0.459 e. The first-order valence-corrected chi connectivity index (χ1v) is 18.1. The highest BCUT2D eigenvalue weighted by Gasteiger charge is 2.61. The van der Waals surface area contributed by atoms with E-state index in [9.17, 15) is 24.6 Å². The van der Waals surface area contributed by atoms with E-state index in [4.69, 9.17) is 42.6 Å². The number of carbonyl (C=O) groups excluding carboxylic acids is 3. The zero-order chi connectivity index (χ0) is 37.6. The molecule has 0 aromatic rings. The van der Waals surface area contributed by atoms with Gasteiger partial charge in [-0.05, 0) is 46.5 Å². The lowest BCUT2D eigenvalue weighted by molar-refractivity contribution is -0.308. The molecule has 1 spiro atoms. The van der Waals surface area contributed by atoms with Crippen molar-refractivity contribution in [3.63, 3.8) is 0 Å². The third-order valence-corrected chi connectivity index (χ3v) is 10.7. The number of hydrogen-bond acceptors (Lipinski definition) is 14. The van der Waals surface area contributed by atoms with Gasteiger partial charge in [-0.3, -0.25) is 4.79 Å². The molecule has 290 valence electrons. The van der Waals surface area contributed by atoms with E-state index in [1.54, 1.807) is 33.8 Å². The van der Waals surface area contributed by atoms with Crippen LogP contribution in [0.25, 0.3) is 0 Å². The Balaban J connectivity index is 1.52. The van der Waals surface area contributed by atoms with Crippen molar-refractivity contribution in [2.75, 3.05) is 20.8 Å². The van der Waals surface area contributed by atoms with Crippen LogP contribution in [0.5, 0.6) is 0 Å². The molecule has 0 unspecified atom stereocenters. The van der Waals surface area contributed by atoms with E-state index in [-0.39, 0.29) is 36.6 Å². The molecule has 3 fully saturated rings. The second-order valence-corrected chi connectivity index (χ2v) is 14.6. The highest BCUT2D eigenvalue weighted by molar-refractivity contribution is 5.82. The number of aliphatic hydroxyl groups excluding tert-OH is 2. The summed E-state index contributed by atoms with van der Waals surface area (Å²) in [5.74, 6) is -1.77. The van der Waals surface area contributed by atoms with Crippen LogP contribution < -0.4 is 0 Å². The van der Waals surface area contributed by atoms with Crippen molar-refractivity contribution in [2.45, 2.75) is 147 Å². The first-order chi connectivity index (χ1) is 24.1. The minimum atomic E-state index is -1.35. The molecule has 4 aliphatic heterocycles. The van der Waals surface area contributed by atoms with Crippen LogP contribution >= 0.6 is 0 Å². The van der Waals surface area contributed by atoms with Gasteiger partial charge in [-0.15, -0.1) is 0 Å². The highest BCUT2D eigenvalue weighted by Crippen LogP contribution is 2.42. The Morgan fingerprint density at radius 3 is 2.22 bits per heavy atom. The number of ketones is 1. The molecule has 0 saturated carbocycles. The van der Waals surface area contributed by atoms with Gasteiger partial charge >= 0.3 is 12.1 Å². The topological polar surface area (TPSA) is 175 Å². The van der Waals surface area contributed by atoms with Crippen LogP contribution in [-0.2, 0) is 52.2 Å². The molecule has 0 aromatic heterocycles. The molecule has 0 radical (unpaired) electrons. The zero-order valence-electron chi connectivity index (χ0n) is 31.3. The Bertz CT molecular complexity index is 1240. The average Bonchev–Trinajstić information content (AvgIpc) is 3.36. The monoisotopic (exact) mass is 726 g/mol. The van der Waals surface area contributed by atoms with Gasteiger partial charge in [0.2, 0.25) is 0 Å². The minimum absolute atomic E-state index is 0.0925. The predicted octanol–water partition coefficient (Wildman–Crippen LogP) is 3.64. The first kappa shape index (κ1) is 41.3. The van der Waals surface area contributed by atoms with Gasteiger partial charge in [0.1, 0.15) is 42.4 Å². The van der Waals surface area contributed by atoms with Crippen molar-refractivity contribution in [1.82, 2.24) is 0 Å². The van der Waals surface area contributed by atoms with Gasteiger partial charge in [0, 0.05) is 50.9 Å². The van der Waals surface area contributed by atoms with Crippen molar-refractivity contribution in [3.8, 4) is 0 Å². The maximum Gasteiger partial charge on any atom is 0.509 e. The Labute approximate surface area is 301 Å². The molecule has 0 amide bonds. The van der Waals surface area contributed by atoms with Crippen molar-refractivity contribution in [3.05, 3.63) is 24.3 Å². The molecular formula is C37H58O14. The molecule has 4 aliphatic rings. The number of hydrogen-bond donors (Lipinski definition) is 2. The molecule has 51 heavy (non-hydrogen) atoms. The van der Waals surface area contributed by atoms with E-state index in [0.717, 1.165) is 0 Å². The van der Waals surface area contributed by atoms with Crippen LogP contribution in [0.4, 0.5) is 4.79 Å². The number of cyclic esters (lactones) is 2. The van der Waals surface area contributed by atoms with Gasteiger partial charge in [0.05, 0.1) is 24.9 Å². The number of allylic oxidation sites excluding steroid dienone is 1. The molecule has 2 N–H and O–H groups in total. The number of carbonyl (C=O) groups is 3. The van der Waals surface area contributed by atoms with E-state index in [2.05, 4.69) is 0 Å². The Kier molecular flexibility index (Phi) is 14.6. The number of aliphatic hydroxyl groups is 2. The van der Waals surface area contributed by atoms with Crippen LogP contribution in [0.3, 0.4) is 0 Å². The Morgan fingerprint density at radius 1 is 0.863 bits per heavy atom. The summed E-state index contributed by atoms with van der Waals surface area (Å²) in [6.07, 6.45) is -1.15. The second-order valence-electron chi connectivity index (χ2n) is 14.6. The maximum absolute atomic E-state index is 13.3. The van der Waals surface area contributed by atoms with E-state index >= 15 is 0 Å². The normalized spacial score (nSPS) is 45.9. The molecule has 4 rings (SSSR count). The number of Topliss-reactive ketones (excluding diaryl/α,β-unsaturated/α-hetero) is 1. The fourth-order valence-corrected chi connectivity index (χ4v) is 7.61. The number of rotatable bonds is 7. The van der Waals surface area contributed by atoms with Gasteiger partial charge in [0.25, 0.3) is 0 Å². The Hall–Kier alpha value is -2.43. The molecule has 16 atom stereocenters. The largest absolute Gasteiger partial charge is 0.509 e. The van der Waals surface area contributed by atoms with Gasteiger partial charge in [0.15, 0.2) is 18.2 Å². The number of ether oxygens (including phenoxy) is 9. The molecular weight excluding hydrogens is 668 g/mol. The summed E-state index contributed by atoms with van der Waals surface area (Å²) < 4.78 is 52.3. The van der Waals surface area contributed by atoms with Crippen molar-refractivity contribution in [2.24, 2.45) is 23.7 Å². The molecule has 3 saturated heterocycles. The van der Waals surface area contributed by atoms with Crippen LogP contribution in [0, 0.1) is 23.7 Å². The lowest BCUT2D eigenvalue weighted by atomic mass is 9.82. The van der Waals surface area contributed by atoms with E-state index in [0.29, 0.717) is 19.3 Å². The summed E-state index contributed by atoms with van der Waals surface area (Å²) in [6.45, 7) is 12.8. The third-order valence-electron chi connectivity index (χ3n) is 10.7. The van der Waals surface area contributed by atoms with Crippen LogP contribution in [-0.4, -0.2) is 122 Å². The summed E-state index contributed by atoms with van der Waals surface area (Å²) in [5, 5.41) is 22.0. The van der Waals surface area contributed by atoms with E-state index < -0.39 is 91.2 Å². The second kappa shape index (κ2) is 18.1. The van der Waals surface area contributed by atoms with Crippen LogP contribution in [0.15, 0.2) is 24.3 Å². The summed E-state index contributed by atoms with van der Waals surface area (Å²) in [6, 6.07) is 0. The zero-order valence-corrected chi connectivity index (χ0v) is 31.3. The third kappa shape index (κ3) is 9.77. The molecule has 14 heteroatoms. The van der Waals surface area contributed by atoms with Crippen molar-refractivity contribution < 1.29 is 67.2 Å². The van der Waals surface area contributed by atoms with Crippen molar-refractivity contribution in [1.29, 1.82) is 0 Å². The molecule has 0 bridgehead atoms. The minimum Gasteiger partial charge on any atom is -0.459 e. The summed E-state index contributed by atoms with van der Waals surface area (Å²) in [4.78, 5) is 38.5. The lowest BCUT2D eigenvalue weighted by Gasteiger charge is -2.46. The average molecular weight is 727 g/mol. The fourth-order valence-electron chi connectivity index (χ4n) is 7.61. The Morgan fingerprint density at radius 2 is 1.57 bits per heavy atom. The number of methoxy groups -OCH3 is 2. The molecule has 0 aromatic carbocycles.